The molecule has 1 unspecified atom stereocenters. The first kappa shape index (κ1) is 16.6. The summed E-state index contributed by atoms with van der Waals surface area (Å²) in [5.41, 5.74) is 2.48. The molecule has 3 heteroatoms. The van der Waals surface area contributed by atoms with Gasteiger partial charge in [0.15, 0.2) is 0 Å². The van der Waals surface area contributed by atoms with Crippen LogP contribution in [0, 0.1) is 0 Å². The maximum atomic E-state index is 3.69. The lowest BCUT2D eigenvalue weighted by Gasteiger charge is -2.21. The van der Waals surface area contributed by atoms with E-state index in [9.17, 15) is 0 Å². The monoisotopic (exact) mass is 409 g/mol. The first-order chi connectivity index (χ1) is 10.2. The van der Waals surface area contributed by atoms with Gasteiger partial charge in [-0.2, -0.15) is 0 Å². The van der Waals surface area contributed by atoms with Gasteiger partial charge in [-0.05, 0) is 46.1 Å². The number of unbranched alkanes of at least 4 members (excludes halogenated alkanes) is 2. The molecular weight excluding hydrogens is 390 g/mol. The van der Waals surface area contributed by atoms with E-state index in [4.69, 9.17) is 0 Å². The first-order valence-corrected chi connectivity index (χ1v) is 9.06. The van der Waals surface area contributed by atoms with E-state index >= 15 is 0 Å². The zero-order valence-electron chi connectivity index (χ0n) is 12.3. The van der Waals surface area contributed by atoms with Gasteiger partial charge in [0.05, 0.1) is 11.7 Å². The van der Waals surface area contributed by atoms with Gasteiger partial charge in [0.2, 0.25) is 0 Å². The Balaban J connectivity index is 2.17. The van der Waals surface area contributed by atoms with Gasteiger partial charge in [-0.3, -0.25) is 0 Å². The topological polar surface area (TPSA) is 12.0 Å². The summed E-state index contributed by atoms with van der Waals surface area (Å²) in [6.45, 7) is 2.25. The Labute approximate surface area is 144 Å². The fraction of sp³-hybridized carbons (Fsp3) is 0.333. The van der Waals surface area contributed by atoms with Crippen LogP contribution in [0.2, 0.25) is 0 Å². The van der Waals surface area contributed by atoms with Gasteiger partial charge in [0.25, 0.3) is 0 Å². The third-order valence-corrected chi connectivity index (χ3v) is 4.74. The second kappa shape index (κ2) is 8.60. The van der Waals surface area contributed by atoms with E-state index in [0.29, 0.717) is 6.04 Å². The highest BCUT2D eigenvalue weighted by Gasteiger charge is 2.12. The molecule has 1 nitrogen and oxygen atoms in total. The van der Waals surface area contributed by atoms with E-state index in [0.717, 1.165) is 21.1 Å². The van der Waals surface area contributed by atoms with Gasteiger partial charge in [-0.1, -0.05) is 72.4 Å². The second-order valence-corrected chi connectivity index (χ2v) is 7.00. The van der Waals surface area contributed by atoms with E-state index in [1.807, 2.05) is 6.07 Å². The molecule has 0 aliphatic heterocycles. The van der Waals surface area contributed by atoms with Crippen molar-refractivity contribution in [2.75, 3.05) is 5.32 Å². The summed E-state index contributed by atoms with van der Waals surface area (Å²) in [6, 6.07) is 17.3. The van der Waals surface area contributed by atoms with Crippen molar-refractivity contribution >= 4 is 37.5 Å². The van der Waals surface area contributed by atoms with Gasteiger partial charge in [-0.25, -0.2) is 0 Å². The minimum Gasteiger partial charge on any atom is -0.377 e. The van der Waals surface area contributed by atoms with Crippen LogP contribution in [-0.2, 0) is 0 Å². The summed E-state index contributed by atoms with van der Waals surface area (Å²) in [5.74, 6) is 0. The Hall–Kier alpha value is -0.800. The predicted molar refractivity (Wildman–Crippen MR) is 98.8 cm³/mol. The average Bonchev–Trinajstić information content (AvgIpc) is 2.51. The molecule has 0 spiro atoms. The minimum atomic E-state index is 0.350. The van der Waals surface area contributed by atoms with E-state index in [1.54, 1.807) is 0 Å². The van der Waals surface area contributed by atoms with Crippen LogP contribution in [0.5, 0.6) is 0 Å². The zero-order valence-corrected chi connectivity index (χ0v) is 15.5. The molecule has 1 atom stereocenters. The summed E-state index contributed by atoms with van der Waals surface area (Å²) in [7, 11) is 0. The van der Waals surface area contributed by atoms with Crippen LogP contribution in [0.4, 0.5) is 5.69 Å². The maximum absolute atomic E-state index is 3.69. The molecule has 0 fully saturated rings. The van der Waals surface area contributed by atoms with Gasteiger partial charge in [-0.15, -0.1) is 0 Å². The molecular formula is C18H21Br2N. The third kappa shape index (κ3) is 5.15. The minimum absolute atomic E-state index is 0.350. The fourth-order valence-electron chi connectivity index (χ4n) is 2.40. The molecule has 2 aromatic carbocycles. The number of halogens is 2. The SMILES string of the molecule is CCCCCC(Nc1cc(Br)ccc1Br)c1ccccc1. The molecule has 0 aliphatic rings. The predicted octanol–water partition coefficient (Wildman–Crippen LogP) is 6.95. The van der Waals surface area contributed by atoms with Crippen LogP contribution in [0.25, 0.3) is 0 Å². The standard InChI is InChI=1S/C18H21Br2N/c1-2-3-5-10-17(14-8-6-4-7-9-14)21-18-13-15(19)11-12-16(18)20/h4,6-9,11-13,17,21H,2-3,5,10H2,1H3. The number of rotatable bonds is 7. The average molecular weight is 411 g/mol. The maximum Gasteiger partial charge on any atom is 0.0514 e. The first-order valence-electron chi connectivity index (χ1n) is 7.47. The van der Waals surface area contributed by atoms with E-state index in [-0.39, 0.29) is 0 Å². The van der Waals surface area contributed by atoms with Gasteiger partial charge in [0, 0.05) is 8.95 Å². The van der Waals surface area contributed by atoms with Crippen molar-refractivity contribution in [1.29, 1.82) is 0 Å². The Morgan fingerprint density at radius 2 is 1.76 bits per heavy atom. The van der Waals surface area contributed by atoms with E-state index in [1.165, 1.54) is 24.8 Å². The highest BCUT2D eigenvalue weighted by Crippen LogP contribution is 2.31. The Morgan fingerprint density at radius 3 is 2.48 bits per heavy atom. The molecule has 0 saturated carbocycles. The van der Waals surface area contributed by atoms with Gasteiger partial charge >= 0.3 is 0 Å². The molecule has 2 aromatic rings. The van der Waals surface area contributed by atoms with Crippen LogP contribution in [-0.4, -0.2) is 0 Å². The van der Waals surface area contributed by atoms with Crippen molar-refractivity contribution in [3.05, 3.63) is 63.0 Å². The number of nitrogens with one attached hydrogen (secondary N) is 1. The largest absolute Gasteiger partial charge is 0.377 e. The number of anilines is 1. The molecule has 2 rings (SSSR count). The summed E-state index contributed by atoms with van der Waals surface area (Å²) < 4.78 is 2.19. The fourth-order valence-corrected chi connectivity index (χ4v) is 3.12. The van der Waals surface area contributed by atoms with E-state index in [2.05, 4.69) is 86.6 Å². The van der Waals surface area contributed by atoms with E-state index < -0.39 is 0 Å². The van der Waals surface area contributed by atoms with Crippen molar-refractivity contribution in [2.45, 2.75) is 38.6 Å². The highest BCUT2D eigenvalue weighted by molar-refractivity contribution is 9.11. The van der Waals surface area contributed by atoms with Crippen LogP contribution >= 0.6 is 31.9 Å². The Morgan fingerprint density at radius 1 is 1.00 bits per heavy atom. The molecule has 21 heavy (non-hydrogen) atoms. The lowest BCUT2D eigenvalue weighted by Crippen LogP contribution is -2.11. The number of benzene rings is 2. The summed E-state index contributed by atoms with van der Waals surface area (Å²) in [4.78, 5) is 0. The summed E-state index contributed by atoms with van der Waals surface area (Å²) >= 11 is 7.18. The molecule has 0 saturated heterocycles. The third-order valence-electron chi connectivity index (χ3n) is 3.56. The van der Waals surface area contributed by atoms with Crippen LogP contribution < -0.4 is 5.32 Å². The van der Waals surface area contributed by atoms with Crippen molar-refractivity contribution in [1.82, 2.24) is 0 Å². The van der Waals surface area contributed by atoms with Gasteiger partial charge in [0.1, 0.15) is 0 Å². The van der Waals surface area contributed by atoms with Crippen molar-refractivity contribution in [3.8, 4) is 0 Å². The molecule has 0 radical (unpaired) electrons. The van der Waals surface area contributed by atoms with Crippen molar-refractivity contribution in [3.63, 3.8) is 0 Å². The molecule has 1 N–H and O–H groups in total. The molecule has 0 aromatic heterocycles. The molecule has 0 amide bonds. The Kier molecular flexibility index (Phi) is 6.78. The zero-order chi connectivity index (χ0) is 15.1. The normalized spacial score (nSPS) is 12.1. The lowest BCUT2D eigenvalue weighted by molar-refractivity contribution is 0.606. The van der Waals surface area contributed by atoms with Crippen LogP contribution in [0.15, 0.2) is 57.5 Å². The number of hydrogen-bond donors (Lipinski definition) is 1. The van der Waals surface area contributed by atoms with Crippen LogP contribution in [0.3, 0.4) is 0 Å². The van der Waals surface area contributed by atoms with Gasteiger partial charge < -0.3 is 5.32 Å². The summed E-state index contributed by atoms with van der Waals surface area (Å²) in [5, 5.41) is 3.69. The Bertz CT molecular complexity index is 554. The molecule has 0 bridgehead atoms. The quantitative estimate of drug-likeness (QED) is 0.487. The molecule has 0 heterocycles. The molecule has 112 valence electrons. The number of hydrogen-bond acceptors (Lipinski definition) is 1. The smallest absolute Gasteiger partial charge is 0.0514 e. The van der Waals surface area contributed by atoms with Crippen molar-refractivity contribution < 1.29 is 0 Å². The summed E-state index contributed by atoms with van der Waals surface area (Å²) in [6.07, 6.45) is 4.93. The highest BCUT2D eigenvalue weighted by atomic mass is 79.9. The van der Waals surface area contributed by atoms with Crippen LogP contribution in [0.1, 0.15) is 44.2 Å². The lowest BCUT2D eigenvalue weighted by atomic mass is 10.00. The second-order valence-electron chi connectivity index (χ2n) is 5.23. The molecule has 0 aliphatic carbocycles. The van der Waals surface area contributed by atoms with Crippen molar-refractivity contribution in [2.24, 2.45) is 0 Å².